The molecule has 98 valence electrons. The molecule has 1 aromatic heterocycles. The van der Waals surface area contributed by atoms with Gasteiger partial charge in [-0.25, -0.2) is 9.37 Å². The number of ether oxygens (including phenoxy) is 2. The molecule has 0 spiro atoms. The number of hydrogen-bond donors (Lipinski definition) is 0. The summed E-state index contributed by atoms with van der Waals surface area (Å²) in [4.78, 5) is 3.35. The van der Waals surface area contributed by atoms with Crippen molar-refractivity contribution in [1.82, 2.24) is 4.98 Å². The molecule has 0 amide bonds. The lowest BCUT2D eigenvalue weighted by Gasteiger charge is -2.15. The third-order valence-corrected chi connectivity index (χ3v) is 1.98. The number of nitriles is 1. The molecule has 0 unspecified atom stereocenters. The first kappa shape index (κ1) is 14.0. The fourth-order valence-corrected chi connectivity index (χ4v) is 1.35. The maximum atomic E-state index is 12.6. The predicted molar refractivity (Wildman–Crippen MR) is 51.6 cm³/mol. The molecule has 1 aromatic rings. The van der Waals surface area contributed by atoms with Crippen molar-refractivity contribution in [3.63, 3.8) is 0 Å². The van der Waals surface area contributed by atoms with Crippen LogP contribution in [-0.4, -0.2) is 18.5 Å². The van der Waals surface area contributed by atoms with Gasteiger partial charge in [0.15, 0.2) is 0 Å². The van der Waals surface area contributed by atoms with E-state index in [1.54, 1.807) is 6.07 Å². The van der Waals surface area contributed by atoms with Crippen LogP contribution in [0.15, 0.2) is 6.20 Å². The van der Waals surface area contributed by atoms with Gasteiger partial charge in [0.2, 0.25) is 5.88 Å². The third kappa shape index (κ3) is 3.23. The molecule has 0 atom stereocenters. The lowest BCUT2D eigenvalue weighted by molar-refractivity contribution is -0.276. The van der Waals surface area contributed by atoms with Gasteiger partial charge in [-0.2, -0.15) is 5.26 Å². The molecule has 0 aliphatic heterocycles. The number of nitrogens with zero attached hydrogens (tertiary/aromatic N) is 2. The molecule has 1 rings (SSSR count). The third-order valence-electron chi connectivity index (χ3n) is 1.98. The Morgan fingerprint density at radius 2 is 2.11 bits per heavy atom. The molecule has 0 radical (unpaired) electrons. The van der Waals surface area contributed by atoms with Crippen LogP contribution in [0.1, 0.15) is 11.1 Å². The fourth-order valence-electron chi connectivity index (χ4n) is 1.35. The molecule has 0 saturated heterocycles. The molecule has 0 fully saturated rings. The molecule has 18 heavy (non-hydrogen) atoms. The summed E-state index contributed by atoms with van der Waals surface area (Å²) in [7, 11) is 1.16. The molecule has 0 saturated carbocycles. The predicted octanol–water partition coefficient (Wildman–Crippen LogP) is 2.52. The SMILES string of the molecule is COc1c(CF)cnc(OC(F)(F)F)c1CC#N. The largest absolute Gasteiger partial charge is 0.574 e. The highest BCUT2D eigenvalue weighted by Crippen LogP contribution is 2.33. The highest BCUT2D eigenvalue weighted by atomic mass is 19.4. The van der Waals surface area contributed by atoms with Gasteiger partial charge in [0, 0.05) is 11.8 Å². The Morgan fingerprint density at radius 3 is 2.56 bits per heavy atom. The van der Waals surface area contributed by atoms with Crippen molar-refractivity contribution in [1.29, 1.82) is 5.26 Å². The molecular weight excluding hydrogens is 256 g/mol. The summed E-state index contributed by atoms with van der Waals surface area (Å²) in [6, 6.07) is 1.65. The van der Waals surface area contributed by atoms with E-state index in [1.165, 1.54) is 0 Å². The van der Waals surface area contributed by atoms with Gasteiger partial charge in [0.05, 0.1) is 25.2 Å². The van der Waals surface area contributed by atoms with E-state index in [9.17, 15) is 17.6 Å². The average Bonchev–Trinajstić information content (AvgIpc) is 2.29. The normalized spacial score (nSPS) is 10.9. The Hall–Kier alpha value is -2.04. The molecule has 0 bridgehead atoms. The molecule has 0 aliphatic rings. The molecule has 0 aliphatic carbocycles. The number of pyridine rings is 1. The first-order chi connectivity index (χ1) is 8.42. The van der Waals surface area contributed by atoms with Gasteiger partial charge in [0.25, 0.3) is 0 Å². The number of hydrogen-bond acceptors (Lipinski definition) is 4. The number of rotatable bonds is 4. The van der Waals surface area contributed by atoms with E-state index in [0.29, 0.717) is 0 Å². The van der Waals surface area contributed by atoms with Gasteiger partial charge in [-0.05, 0) is 0 Å². The Labute approximate surface area is 99.8 Å². The van der Waals surface area contributed by atoms with Crippen molar-refractivity contribution in [2.75, 3.05) is 7.11 Å². The minimum Gasteiger partial charge on any atom is -0.496 e. The van der Waals surface area contributed by atoms with Crippen molar-refractivity contribution in [2.24, 2.45) is 0 Å². The van der Waals surface area contributed by atoms with Crippen molar-refractivity contribution in [2.45, 2.75) is 19.5 Å². The maximum absolute atomic E-state index is 12.6. The Kier molecular flexibility index (Phi) is 4.31. The van der Waals surface area contributed by atoms with Crippen LogP contribution in [0.25, 0.3) is 0 Å². The molecule has 0 N–H and O–H groups in total. The lowest BCUT2D eigenvalue weighted by Crippen LogP contribution is -2.19. The summed E-state index contributed by atoms with van der Waals surface area (Å²) < 4.78 is 57.4. The van der Waals surface area contributed by atoms with Gasteiger partial charge in [-0.1, -0.05) is 0 Å². The van der Waals surface area contributed by atoms with E-state index in [1.807, 2.05) is 0 Å². The molecular formula is C10H8F4N2O2. The minimum atomic E-state index is -4.94. The Morgan fingerprint density at radius 1 is 1.44 bits per heavy atom. The van der Waals surface area contributed by atoms with E-state index in [4.69, 9.17) is 10.00 Å². The van der Waals surface area contributed by atoms with E-state index < -0.39 is 25.3 Å². The van der Waals surface area contributed by atoms with E-state index in [0.717, 1.165) is 13.3 Å². The topological polar surface area (TPSA) is 55.1 Å². The van der Waals surface area contributed by atoms with E-state index in [-0.39, 0.29) is 16.9 Å². The van der Waals surface area contributed by atoms with Crippen LogP contribution in [0.2, 0.25) is 0 Å². The number of aromatic nitrogens is 1. The summed E-state index contributed by atoms with van der Waals surface area (Å²) in [6.45, 7) is -0.971. The number of methoxy groups -OCH3 is 1. The zero-order valence-corrected chi connectivity index (χ0v) is 9.21. The molecule has 8 heteroatoms. The minimum absolute atomic E-state index is 0.0442. The van der Waals surface area contributed by atoms with Crippen LogP contribution < -0.4 is 9.47 Å². The summed E-state index contributed by atoms with van der Waals surface area (Å²) in [5.41, 5.74) is -0.273. The molecule has 4 nitrogen and oxygen atoms in total. The Bertz CT molecular complexity index is 468. The molecule has 0 aromatic carbocycles. The first-order valence-corrected chi connectivity index (χ1v) is 4.66. The van der Waals surface area contributed by atoms with Crippen LogP contribution in [0.3, 0.4) is 0 Å². The quantitative estimate of drug-likeness (QED) is 0.784. The summed E-state index contributed by atoms with van der Waals surface area (Å²) in [5, 5.41) is 8.56. The van der Waals surface area contributed by atoms with Crippen molar-refractivity contribution >= 4 is 0 Å². The van der Waals surface area contributed by atoms with Gasteiger partial charge >= 0.3 is 6.36 Å². The summed E-state index contributed by atoms with van der Waals surface area (Å²) in [5.74, 6) is -0.966. The summed E-state index contributed by atoms with van der Waals surface area (Å²) in [6.07, 6.45) is -4.50. The van der Waals surface area contributed by atoms with E-state index in [2.05, 4.69) is 9.72 Å². The lowest BCUT2D eigenvalue weighted by atomic mass is 10.1. The second kappa shape index (κ2) is 5.53. The number of halogens is 4. The maximum Gasteiger partial charge on any atom is 0.574 e. The second-order valence-electron chi connectivity index (χ2n) is 3.12. The highest BCUT2D eigenvalue weighted by molar-refractivity contribution is 5.47. The Balaban J connectivity index is 3.30. The van der Waals surface area contributed by atoms with Gasteiger partial charge < -0.3 is 9.47 Å². The zero-order chi connectivity index (χ0) is 13.8. The fraction of sp³-hybridized carbons (Fsp3) is 0.400. The van der Waals surface area contributed by atoms with Crippen molar-refractivity contribution < 1.29 is 27.0 Å². The standard InChI is InChI=1S/C10H8F4N2O2/c1-17-8-6(4-11)5-16-9(7(8)2-3-15)18-10(12,13)14/h5H,2,4H2,1H3. The first-order valence-electron chi connectivity index (χ1n) is 4.66. The van der Waals surface area contributed by atoms with Crippen molar-refractivity contribution in [3.8, 4) is 17.7 Å². The van der Waals surface area contributed by atoms with Gasteiger partial charge in [0.1, 0.15) is 12.4 Å². The van der Waals surface area contributed by atoms with Crippen LogP contribution in [-0.2, 0) is 13.1 Å². The molecule has 1 heterocycles. The highest BCUT2D eigenvalue weighted by Gasteiger charge is 2.34. The van der Waals surface area contributed by atoms with Gasteiger partial charge in [-0.3, -0.25) is 0 Å². The van der Waals surface area contributed by atoms with Crippen LogP contribution in [0.4, 0.5) is 17.6 Å². The van der Waals surface area contributed by atoms with Gasteiger partial charge in [-0.15, -0.1) is 13.2 Å². The van der Waals surface area contributed by atoms with E-state index >= 15 is 0 Å². The number of alkyl halides is 4. The zero-order valence-electron chi connectivity index (χ0n) is 9.21. The smallest absolute Gasteiger partial charge is 0.496 e. The summed E-state index contributed by atoms with van der Waals surface area (Å²) >= 11 is 0. The van der Waals surface area contributed by atoms with Crippen molar-refractivity contribution in [3.05, 3.63) is 17.3 Å². The second-order valence-corrected chi connectivity index (χ2v) is 3.12. The monoisotopic (exact) mass is 264 g/mol. The van der Waals surface area contributed by atoms with Crippen LogP contribution in [0.5, 0.6) is 11.6 Å². The van der Waals surface area contributed by atoms with Crippen LogP contribution in [0, 0.1) is 11.3 Å². The average molecular weight is 264 g/mol. The van der Waals surface area contributed by atoms with Crippen LogP contribution >= 0.6 is 0 Å².